The first-order chi connectivity index (χ1) is 10.1. The van der Waals surface area contributed by atoms with E-state index in [2.05, 4.69) is 4.74 Å². The number of carbonyl (C=O) groups excluding carboxylic acids is 2. The number of rotatable bonds is 5. The van der Waals surface area contributed by atoms with Crippen molar-refractivity contribution in [3.8, 4) is 5.75 Å². The number of benzene rings is 2. The highest BCUT2D eigenvalue weighted by Gasteiger charge is 2.15. The fourth-order valence-electron chi connectivity index (χ4n) is 1.86. The van der Waals surface area contributed by atoms with E-state index in [1.165, 1.54) is 7.11 Å². The van der Waals surface area contributed by atoms with Gasteiger partial charge in [-0.3, -0.25) is 4.79 Å². The van der Waals surface area contributed by atoms with Gasteiger partial charge in [-0.2, -0.15) is 0 Å². The summed E-state index contributed by atoms with van der Waals surface area (Å²) in [5.41, 5.74) is 1.20. The minimum atomic E-state index is -0.689. The quantitative estimate of drug-likeness (QED) is 0.626. The first kappa shape index (κ1) is 14.8. The van der Waals surface area contributed by atoms with Gasteiger partial charge in [-0.1, -0.05) is 30.3 Å². The number of hydrogen-bond acceptors (Lipinski definition) is 4. The van der Waals surface area contributed by atoms with Crippen LogP contribution in [0.25, 0.3) is 0 Å². The molecule has 0 aliphatic carbocycles. The van der Waals surface area contributed by atoms with Crippen molar-refractivity contribution in [2.45, 2.75) is 13.0 Å². The normalized spacial score (nSPS) is 11.5. The average molecular weight is 284 g/mol. The Morgan fingerprint density at radius 1 is 0.905 bits per heavy atom. The van der Waals surface area contributed by atoms with Crippen LogP contribution in [0.3, 0.4) is 0 Å². The molecule has 0 saturated heterocycles. The Hall–Kier alpha value is -2.62. The Bertz CT molecular complexity index is 617. The van der Waals surface area contributed by atoms with Crippen LogP contribution in [-0.2, 0) is 9.53 Å². The van der Waals surface area contributed by atoms with Gasteiger partial charge < -0.3 is 9.47 Å². The Morgan fingerprint density at radius 3 is 2.05 bits per heavy atom. The molecule has 2 rings (SSSR count). The second kappa shape index (κ2) is 6.70. The number of ether oxygens (including phenoxy) is 2. The van der Waals surface area contributed by atoms with Gasteiger partial charge in [0.05, 0.1) is 7.11 Å². The fourth-order valence-corrected chi connectivity index (χ4v) is 1.86. The maximum atomic E-state index is 12.2. The van der Waals surface area contributed by atoms with E-state index < -0.39 is 12.1 Å². The summed E-state index contributed by atoms with van der Waals surface area (Å²) < 4.78 is 10.0. The van der Waals surface area contributed by atoms with Crippen LogP contribution >= 0.6 is 0 Å². The number of ketones is 1. The van der Waals surface area contributed by atoms with Crippen molar-refractivity contribution >= 4 is 11.8 Å². The first-order valence-electron chi connectivity index (χ1n) is 6.56. The standard InChI is InChI=1S/C17H16O4/c1-12(17(19)20-2)21-15-10-8-14(9-11-15)16(18)13-6-4-3-5-7-13/h3-12H,1-2H3. The molecule has 2 aromatic rings. The molecule has 0 aliphatic rings. The topological polar surface area (TPSA) is 52.6 Å². The molecule has 108 valence electrons. The maximum Gasteiger partial charge on any atom is 0.346 e. The number of esters is 1. The minimum Gasteiger partial charge on any atom is -0.479 e. The average Bonchev–Trinajstić information content (AvgIpc) is 2.55. The molecule has 21 heavy (non-hydrogen) atoms. The molecule has 4 heteroatoms. The van der Waals surface area contributed by atoms with Gasteiger partial charge in [0.15, 0.2) is 11.9 Å². The van der Waals surface area contributed by atoms with Crippen molar-refractivity contribution in [3.05, 3.63) is 65.7 Å². The largest absolute Gasteiger partial charge is 0.479 e. The van der Waals surface area contributed by atoms with Gasteiger partial charge >= 0.3 is 5.97 Å². The second-order valence-electron chi connectivity index (χ2n) is 4.50. The van der Waals surface area contributed by atoms with E-state index in [9.17, 15) is 9.59 Å². The third-order valence-corrected chi connectivity index (χ3v) is 3.00. The molecular formula is C17H16O4. The zero-order chi connectivity index (χ0) is 15.2. The van der Waals surface area contributed by atoms with E-state index in [-0.39, 0.29) is 5.78 Å². The van der Waals surface area contributed by atoms with E-state index in [4.69, 9.17) is 4.74 Å². The molecule has 0 bridgehead atoms. The van der Waals surface area contributed by atoms with Gasteiger partial charge in [0.1, 0.15) is 5.75 Å². The highest BCUT2D eigenvalue weighted by Crippen LogP contribution is 2.16. The van der Waals surface area contributed by atoms with Crippen LogP contribution in [0, 0.1) is 0 Å². The van der Waals surface area contributed by atoms with Gasteiger partial charge in [-0.05, 0) is 31.2 Å². The summed E-state index contributed by atoms with van der Waals surface area (Å²) in [4.78, 5) is 23.5. The number of hydrogen-bond donors (Lipinski definition) is 0. The molecule has 2 aromatic carbocycles. The van der Waals surface area contributed by atoms with Gasteiger partial charge in [-0.25, -0.2) is 4.79 Å². The monoisotopic (exact) mass is 284 g/mol. The molecule has 0 aliphatic heterocycles. The van der Waals surface area contributed by atoms with E-state index in [0.29, 0.717) is 16.9 Å². The maximum absolute atomic E-state index is 12.2. The highest BCUT2D eigenvalue weighted by molar-refractivity contribution is 6.08. The Morgan fingerprint density at radius 2 is 1.48 bits per heavy atom. The van der Waals surface area contributed by atoms with Crippen molar-refractivity contribution in [1.29, 1.82) is 0 Å². The zero-order valence-electron chi connectivity index (χ0n) is 11.9. The molecule has 0 N–H and O–H groups in total. The third kappa shape index (κ3) is 3.69. The molecular weight excluding hydrogens is 268 g/mol. The van der Waals surface area contributed by atoms with Crippen molar-refractivity contribution in [1.82, 2.24) is 0 Å². The van der Waals surface area contributed by atoms with E-state index in [1.807, 2.05) is 18.2 Å². The summed E-state index contributed by atoms with van der Waals surface area (Å²) in [6.07, 6.45) is -0.689. The lowest BCUT2D eigenvalue weighted by atomic mass is 10.0. The Kier molecular flexibility index (Phi) is 4.72. The van der Waals surface area contributed by atoms with E-state index in [1.54, 1.807) is 43.3 Å². The summed E-state index contributed by atoms with van der Waals surface area (Å²) in [6.45, 7) is 1.61. The highest BCUT2D eigenvalue weighted by atomic mass is 16.6. The Labute approximate surface area is 123 Å². The predicted octanol–water partition coefficient (Wildman–Crippen LogP) is 2.86. The lowest BCUT2D eigenvalue weighted by molar-refractivity contribution is -0.147. The minimum absolute atomic E-state index is 0.0526. The van der Waals surface area contributed by atoms with Crippen LogP contribution < -0.4 is 4.74 Å². The first-order valence-corrected chi connectivity index (χ1v) is 6.56. The molecule has 1 unspecified atom stereocenters. The van der Waals surface area contributed by atoms with Crippen LogP contribution in [0.4, 0.5) is 0 Å². The second-order valence-corrected chi connectivity index (χ2v) is 4.50. The van der Waals surface area contributed by atoms with Crippen molar-refractivity contribution in [2.24, 2.45) is 0 Å². The van der Waals surface area contributed by atoms with Gasteiger partial charge in [-0.15, -0.1) is 0 Å². The SMILES string of the molecule is COC(=O)C(C)Oc1ccc(C(=O)c2ccccc2)cc1. The van der Waals surface area contributed by atoms with Crippen LogP contribution in [0.1, 0.15) is 22.8 Å². The lowest BCUT2D eigenvalue weighted by Crippen LogP contribution is -2.24. The summed E-state index contributed by atoms with van der Waals surface area (Å²) in [7, 11) is 1.31. The fraction of sp³-hybridized carbons (Fsp3) is 0.176. The van der Waals surface area contributed by atoms with Gasteiger partial charge in [0, 0.05) is 11.1 Å². The molecule has 0 saturated carbocycles. The smallest absolute Gasteiger partial charge is 0.346 e. The predicted molar refractivity (Wildman–Crippen MR) is 78.4 cm³/mol. The van der Waals surface area contributed by atoms with Crippen LogP contribution in [0.2, 0.25) is 0 Å². The van der Waals surface area contributed by atoms with Crippen LogP contribution in [0.15, 0.2) is 54.6 Å². The van der Waals surface area contributed by atoms with Crippen molar-refractivity contribution in [2.75, 3.05) is 7.11 Å². The molecule has 0 amide bonds. The summed E-state index contributed by atoms with van der Waals surface area (Å²) >= 11 is 0. The van der Waals surface area contributed by atoms with Gasteiger partial charge in [0.25, 0.3) is 0 Å². The molecule has 0 aromatic heterocycles. The van der Waals surface area contributed by atoms with Gasteiger partial charge in [0.2, 0.25) is 0 Å². The lowest BCUT2D eigenvalue weighted by Gasteiger charge is -2.12. The summed E-state index contributed by atoms with van der Waals surface area (Å²) in [5, 5.41) is 0. The van der Waals surface area contributed by atoms with E-state index >= 15 is 0 Å². The summed E-state index contributed by atoms with van der Waals surface area (Å²) in [5.74, 6) is 0.0140. The molecule has 0 radical (unpaired) electrons. The Balaban J connectivity index is 2.09. The van der Waals surface area contributed by atoms with Crippen molar-refractivity contribution < 1.29 is 19.1 Å². The third-order valence-electron chi connectivity index (χ3n) is 3.00. The molecule has 1 atom stereocenters. The molecule has 0 heterocycles. The number of carbonyl (C=O) groups is 2. The zero-order valence-corrected chi connectivity index (χ0v) is 11.9. The molecule has 0 fully saturated rings. The van der Waals surface area contributed by atoms with E-state index in [0.717, 1.165) is 0 Å². The molecule has 0 spiro atoms. The summed E-state index contributed by atoms with van der Waals surface area (Å²) in [6, 6.07) is 15.7. The van der Waals surface area contributed by atoms with Crippen molar-refractivity contribution in [3.63, 3.8) is 0 Å². The number of methoxy groups -OCH3 is 1. The van der Waals surface area contributed by atoms with Crippen LogP contribution in [-0.4, -0.2) is 25.0 Å². The molecule has 4 nitrogen and oxygen atoms in total. The van der Waals surface area contributed by atoms with Crippen LogP contribution in [0.5, 0.6) is 5.75 Å².